The third kappa shape index (κ3) is 7.55. The van der Waals surface area contributed by atoms with Crippen LogP contribution in [-0.2, 0) is 47.6 Å². The standard InChI is InChI=1S/C42H55NO15/c1-10-11-17-53-38(51)43-30(21(2)3)31(47)37(50)56-26-19-42(52)35(57-36(49)25-15-13-12-14-16-25)33-40(9,27(46)18-28-41(33,20-54-28)58-24(6)45)34(48)32(55-23(5)44)29(22(26)4)39(42,7)8/h10-16,21-22,26-28,30-31,33,35,46-47,52H,17-20H2,1-9H3,(H,43,51)/t22?,26?,27?,28?,30?,31?,33?,35?,40-,41+,42?/m1/s1. The minimum absolute atomic E-state index is 0.000912. The fraction of sp³-hybridized carbons (Fsp3) is 0.619. The normalized spacial score (nSPS) is 33.6. The number of nitrogens with one attached hydrogen (secondary N) is 1. The molecule has 1 heterocycles. The van der Waals surface area contributed by atoms with Crippen LogP contribution in [0, 0.1) is 28.6 Å². The van der Waals surface area contributed by atoms with Gasteiger partial charge in [-0.2, -0.15) is 0 Å². The summed E-state index contributed by atoms with van der Waals surface area (Å²) in [5, 5.41) is 39.4. The molecule has 3 aliphatic carbocycles. The fourth-order valence-corrected chi connectivity index (χ4v) is 9.39. The molecule has 11 atom stereocenters. The molecular weight excluding hydrogens is 758 g/mol. The van der Waals surface area contributed by atoms with E-state index in [4.69, 9.17) is 28.4 Å². The Balaban J connectivity index is 1.72. The first-order valence-corrected chi connectivity index (χ1v) is 19.5. The summed E-state index contributed by atoms with van der Waals surface area (Å²) in [6.07, 6.45) is -6.11. The van der Waals surface area contributed by atoms with E-state index in [0.717, 1.165) is 13.8 Å². The Morgan fingerprint density at radius 3 is 2.24 bits per heavy atom. The number of amides is 1. The number of alkyl carbamates (subject to hydrolysis) is 1. The Morgan fingerprint density at radius 1 is 1.03 bits per heavy atom. The molecule has 2 saturated carbocycles. The maximum atomic E-state index is 15.3. The topological polar surface area (TPSA) is 231 Å². The number of aliphatic hydroxyl groups excluding tert-OH is 2. The average molecular weight is 814 g/mol. The molecular formula is C42H55NO15. The highest BCUT2D eigenvalue weighted by Crippen LogP contribution is 2.65. The summed E-state index contributed by atoms with van der Waals surface area (Å²) in [5.41, 5.74) is -7.78. The molecule has 4 aliphatic rings. The van der Waals surface area contributed by atoms with Crippen molar-refractivity contribution in [3.63, 3.8) is 0 Å². The highest BCUT2D eigenvalue weighted by Gasteiger charge is 2.78. The second-order valence-corrected chi connectivity index (χ2v) is 16.8. The van der Waals surface area contributed by atoms with Crippen LogP contribution in [0.3, 0.4) is 0 Å². The Bertz CT molecular complexity index is 1860. The largest absolute Gasteiger partial charge is 0.460 e. The van der Waals surface area contributed by atoms with Crippen molar-refractivity contribution in [2.75, 3.05) is 13.2 Å². The molecule has 58 heavy (non-hydrogen) atoms. The number of aliphatic hydroxyl groups is 3. The molecule has 3 fully saturated rings. The van der Waals surface area contributed by atoms with Gasteiger partial charge in [0.05, 0.1) is 35.6 Å². The Labute approximate surface area is 337 Å². The number of hydrogen-bond acceptors (Lipinski definition) is 15. The van der Waals surface area contributed by atoms with Crippen LogP contribution in [0.1, 0.15) is 85.5 Å². The van der Waals surface area contributed by atoms with Crippen molar-refractivity contribution in [2.24, 2.45) is 28.6 Å². The number of ether oxygens (including phenoxy) is 6. The zero-order chi connectivity index (χ0) is 43.1. The van der Waals surface area contributed by atoms with Gasteiger partial charge in [0.25, 0.3) is 0 Å². The molecule has 1 amide bonds. The van der Waals surface area contributed by atoms with Gasteiger partial charge in [0, 0.05) is 38.0 Å². The molecule has 9 unspecified atom stereocenters. The first-order valence-electron chi connectivity index (χ1n) is 19.5. The van der Waals surface area contributed by atoms with Crippen molar-refractivity contribution in [1.82, 2.24) is 5.32 Å². The smallest absolute Gasteiger partial charge is 0.407 e. The van der Waals surface area contributed by atoms with Crippen LogP contribution in [0.2, 0.25) is 0 Å². The van der Waals surface area contributed by atoms with E-state index in [1.165, 1.54) is 19.1 Å². The maximum absolute atomic E-state index is 15.3. The maximum Gasteiger partial charge on any atom is 0.407 e. The van der Waals surface area contributed by atoms with Gasteiger partial charge in [-0.1, -0.05) is 65.0 Å². The number of fused-ring (bicyclic) bond motifs is 5. The van der Waals surface area contributed by atoms with Crippen molar-refractivity contribution in [2.45, 2.75) is 123 Å². The minimum atomic E-state index is -2.37. The van der Waals surface area contributed by atoms with E-state index in [0.29, 0.717) is 0 Å². The van der Waals surface area contributed by atoms with Crippen LogP contribution < -0.4 is 5.32 Å². The van der Waals surface area contributed by atoms with Crippen molar-refractivity contribution < 1.29 is 72.5 Å². The van der Waals surface area contributed by atoms with Gasteiger partial charge in [-0.05, 0) is 37.5 Å². The van der Waals surface area contributed by atoms with Gasteiger partial charge >= 0.3 is 30.0 Å². The van der Waals surface area contributed by atoms with Crippen LogP contribution in [0.15, 0.2) is 53.8 Å². The Morgan fingerprint density at radius 2 is 1.69 bits per heavy atom. The van der Waals surface area contributed by atoms with Gasteiger partial charge in [0.15, 0.2) is 17.5 Å². The van der Waals surface area contributed by atoms with Gasteiger partial charge < -0.3 is 49.1 Å². The number of benzene rings is 1. The number of rotatable bonds is 11. The lowest BCUT2D eigenvalue weighted by Crippen LogP contribution is -2.81. The fourth-order valence-electron chi connectivity index (χ4n) is 9.39. The summed E-state index contributed by atoms with van der Waals surface area (Å²) < 4.78 is 35.0. The van der Waals surface area contributed by atoms with Crippen LogP contribution in [0.5, 0.6) is 0 Å². The number of Topliss-reactive ketones (excluding diaryl/α,β-unsaturated/α-hetero) is 1. The number of hydrogen-bond donors (Lipinski definition) is 4. The quantitative estimate of drug-likeness (QED) is 0.143. The number of allylic oxidation sites excluding steroid dienone is 2. The van der Waals surface area contributed by atoms with Crippen molar-refractivity contribution in [3.05, 3.63) is 59.4 Å². The van der Waals surface area contributed by atoms with E-state index >= 15 is 4.79 Å². The second kappa shape index (κ2) is 16.5. The highest BCUT2D eigenvalue weighted by molar-refractivity contribution is 6.02. The van der Waals surface area contributed by atoms with Crippen LogP contribution in [-0.4, -0.2) is 112 Å². The molecule has 1 aromatic carbocycles. The molecule has 0 radical (unpaired) electrons. The lowest BCUT2D eigenvalue weighted by atomic mass is 9.45. The van der Waals surface area contributed by atoms with E-state index in [9.17, 15) is 39.3 Å². The number of esters is 4. The Hall–Kier alpha value is -4.64. The summed E-state index contributed by atoms with van der Waals surface area (Å²) in [6.45, 7) is 13.0. The van der Waals surface area contributed by atoms with Crippen LogP contribution in [0.25, 0.3) is 0 Å². The predicted molar refractivity (Wildman–Crippen MR) is 202 cm³/mol. The van der Waals surface area contributed by atoms with E-state index in [1.54, 1.807) is 71.9 Å². The van der Waals surface area contributed by atoms with Crippen molar-refractivity contribution in [3.8, 4) is 0 Å². The van der Waals surface area contributed by atoms with Gasteiger partial charge in [-0.25, -0.2) is 14.4 Å². The van der Waals surface area contributed by atoms with Crippen LogP contribution in [0.4, 0.5) is 4.79 Å². The lowest BCUT2D eigenvalue weighted by Gasteiger charge is -2.67. The van der Waals surface area contributed by atoms with E-state index in [-0.39, 0.29) is 30.8 Å². The van der Waals surface area contributed by atoms with Gasteiger partial charge in [-0.15, -0.1) is 0 Å². The van der Waals surface area contributed by atoms with E-state index in [1.807, 2.05) is 0 Å². The molecule has 2 bridgehead atoms. The second-order valence-electron chi connectivity index (χ2n) is 16.8. The summed E-state index contributed by atoms with van der Waals surface area (Å²) >= 11 is 0. The van der Waals surface area contributed by atoms with Gasteiger partial charge in [-0.3, -0.25) is 14.4 Å². The lowest BCUT2D eigenvalue weighted by molar-refractivity contribution is -0.345. The number of ketones is 1. The molecule has 318 valence electrons. The molecule has 1 aliphatic heterocycles. The SMILES string of the molecule is CC=CCOC(=O)NC(C(C)C)C(O)C(=O)OC1CC2(O)C(OC(=O)c3ccccc3)C3[C@]4(OC(C)=O)COC4CC(O)[C@@]3(C)C(=O)C(OC(C)=O)=C(C1C)C2(C)C. The summed E-state index contributed by atoms with van der Waals surface area (Å²) in [7, 11) is 0. The van der Waals surface area contributed by atoms with Gasteiger partial charge in [0.2, 0.25) is 5.78 Å². The molecule has 1 saturated heterocycles. The molecule has 4 N–H and O–H groups in total. The zero-order valence-corrected chi connectivity index (χ0v) is 34.3. The molecule has 0 aromatic heterocycles. The summed E-state index contributed by atoms with van der Waals surface area (Å²) in [6, 6.07) is 6.63. The third-order valence-electron chi connectivity index (χ3n) is 12.6. The molecule has 0 spiro atoms. The third-order valence-corrected chi connectivity index (χ3v) is 12.6. The molecule has 5 rings (SSSR count). The molecule has 16 nitrogen and oxygen atoms in total. The molecule has 16 heteroatoms. The van der Waals surface area contributed by atoms with Crippen molar-refractivity contribution in [1.29, 1.82) is 0 Å². The highest BCUT2D eigenvalue weighted by atomic mass is 16.6. The summed E-state index contributed by atoms with van der Waals surface area (Å²) in [5.74, 6) is -8.37. The first-order chi connectivity index (χ1) is 27.1. The number of carbonyl (C=O) groups excluding carboxylic acids is 6. The Kier molecular flexibility index (Phi) is 12.7. The minimum Gasteiger partial charge on any atom is -0.460 e. The van der Waals surface area contributed by atoms with Crippen LogP contribution >= 0.6 is 0 Å². The monoisotopic (exact) mass is 813 g/mol. The zero-order valence-electron chi connectivity index (χ0n) is 34.3. The molecule has 1 aromatic rings. The average Bonchev–Trinajstić information content (AvgIpc) is 3.14. The van der Waals surface area contributed by atoms with E-state index in [2.05, 4.69) is 5.32 Å². The van der Waals surface area contributed by atoms with Crippen molar-refractivity contribution >= 4 is 35.8 Å². The number of carbonyl (C=O) groups is 6. The van der Waals surface area contributed by atoms with Gasteiger partial charge in [0.1, 0.15) is 30.5 Å². The van der Waals surface area contributed by atoms with E-state index < -0.39 is 124 Å². The predicted octanol–water partition coefficient (Wildman–Crippen LogP) is 3.10. The summed E-state index contributed by atoms with van der Waals surface area (Å²) in [4.78, 5) is 81.8. The first kappa shape index (κ1) is 44.5.